The standard InChI is InChI=1S/C21H26N4O4S/c1-2-16-14-19(26)23-20(22-16)18-9-6-10-24(18)21(27)15-7-5-8-17(13-15)25-11-3-4-12-30(25,28)29/h5,7-8,13-14,18H,2-4,6,9-12H2,1H3,(H,22,23,26). The molecule has 1 aromatic carbocycles. The molecule has 2 aromatic rings. The number of sulfonamides is 1. The van der Waals surface area contributed by atoms with Crippen molar-refractivity contribution < 1.29 is 13.2 Å². The zero-order valence-electron chi connectivity index (χ0n) is 17.0. The third kappa shape index (κ3) is 3.98. The van der Waals surface area contributed by atoms with Crippen LogP contribution in [0.2, 0.25) is 0 Å². The lowest BCUT2D eigenvalue weighted by Crippen LogP contribution is -2.38. The molecule has 1 unspecified atom stereocenters. The highest BCUT2D eigenvalue weighted by Gasteiger charge is 2.33. The van der Waals surface area contributed by atoms with E-state index >= 15 is 0 Å². The summed E-state index contributed by atoms with van der Waals surface area (Å²) in [7, 11) is -3.35. The highest BCUT2D eigenvalue weighted by molar-refractivity contribution is 7.92. The summed E-state index contributed by atoms with van der Waals surface area (Å²) in [6, 6.07) is 7.99. The van der Waals surface area contributed by atoms with Gasteiger partial charge in [0.1, 0.15) is 5.82 Å². The van der Waals surface area contributed by atoms with Crippen LogP contribution in [0.4, 0.5) is 5.69 Å². The first-order valence-corrected chi connectivity index (χ1v) is 12.0. The van der Waals surface area contributed by atoms with Crippen molar-refractivity contribution in [3.8, 4) is 0 Å². The van der Waals surface area contributed by atoms with Gasteiger partial charge in [-0.2, -0.15) is 0 Å². The number of likely N-dealkylation sites (tertiary alicyclic amines) is 1. The van der Waals surface area contributed by atoms with Gasteiger partial charge in [-0.25, -0.2) is 13.4 Å². The molecule has 160 valence electrons. The summed E-state index contributed by atoms with van der Waals surface area (Å²) < 4.78 is 26.3. The van der Waals surface area contributed by atoms with Crippen LogP contribution in [0.25, 0.3) is 0 Å². The molecule has 2 aliphatic rings. The molecule has 1 N–H and O–H groups in total. The van der Waals surface area contributed by atoms with E-state index in [0.717, 1.165) is 19.3 Å². The molecule has 0 saturated carbocycles. The van der Waals surface area contributed by atoms with Gasteiger partial charge < -0.3 is 9.88 Å². The van der Waals surface area contributed by atoms with Gasteiger partial charge >= 0.3 is 0 Å². The second-order valence-electron chi connectivity index (χ2n) is 7.78. The zero-order valence-corrected chi connectivity index (χ0v) is 17.8. The van der Waals surface area contributed by atoms with Crippen LogP contribution >= 0.6 is 0 Å². The van der Waals surface area contributed by atoms with Crippen molar-refractivity contribution in [2.75, 3.05) is 23.1 Å². The van der Waals surface area contributed by atoms with E-state index < -0.39 is 10.0 Å². The van der Waals surface area contributed by atoms with Crippen molar-refractivity contribution in [1.82, 2.24) is 14.9 Å². The molecule has 1 atom stereocenters. The Kier molecular flexibility index (Phi) is 5.64. The number of carbonyl (C=O) groups is 1. The van der Waals surface area contributed by atoms with Gasteiger partial charge in [0, 0.05) is 30.4 Å². The van der Waals surface area contributed by atoms with Gasteiger partial charge in [0.05, 0.1) is 17.5 Å². The number of benzene rings is 1. The first kappa shape index (κ1) is 20.6. The van der Waals surface area contributed by atoms with E-state index in [4.69, 9.17) is 0 Å². The summed E-state index contributed by atoms with van der Waals surface area (Å²) in [5.41, 5.74) is 1.45. The summed E-state index contributed by atoms with van der Waals surface area (Å²) >= 11 is 0. The van der Waals surface area contributed by atoms with E-state index in [2.05, 4.69) is 9.97 Å². The molecular formula is C21H26N4O4S. The molecule has 2 fully saturated rings. The van der Waals surface area contributed by atoms with Gasteiger partial charge in [-0.05, 0) is 50.3 Å². The fourth-order valence-corrected chi connectivity index (χ4v) is 5.83. The number of aromatic amines is 1. The van der Waals surface area contributed by atoms with Crippen LogP contribution in [0.15, 0.2) is 35.1 Å². The maximum atomic E-state index is 13.3. The number of hydrogen-bond acceptors (Lipinski definition) is 5. The first-order chi connectivity index (χ1) is 14.4. The number of anilines is 1. The van der Waals surface area contributed by atoms with Crippen LogP contribution in [-0.2, 0) is 16.4 Å². The van der Waals surface area contributed by atoms with E-state index in [1.54, 1.807) is 29.2 Å². The molecule has 0 aliphatic carbocycles. The number of hydrogen-bond donors (Lipinski definition) is 1. The number of nitrogens with zero attached hydrogens (tertiary/aromatic N) is 3. The van der Waals surface area contributed by atoms with Crippen LogP contribution in [0, 0.1) is 0 Å². The molecule has 0 radical (unpaired) electrons. The minimum absolute atomic E-state index is 0.131. The lowest BCUT2D eigenvalue weighted by atomic mass is 10.1. The fourth-order valence-electron chi connectivity index (χ4n) is 4.20. The normalized spacial score (nSPS) is 21.0. The average Bonchev–Trinajstić information content (AvgIpc) is 3.22. The topological polar surface area (TPSA) is 103 Å². The number of aromatic nitrogens is 2. The molecule has 2 aliphatic heterocycles. The number of H-pyrrole nitrogens is 1. The number of nitrogens with one attached hydrogen (secondary N) is 1. The highest BCUT2D eigenvalue weighted by Crippen LogP contribution is 2.32. The van der Waals surface area contributed by atoms with Gasteiger partial charge in [0.25, 0.3) is 11.5 Å². The number of aryl methyl sites for hydroxylation is 1. The minimum Gasteiger partial charge on any atom is -0.328 e. The number of carbonyl (C=O) groups excluding carboxylic acids is 1. The molecule has 30 heavy (non-hydrogen) atoms. The van der Waals surface area contributed by atoms with Gasteiger partial charge in [-0.3, -0.25) is 13.9 Å². The Morgan fingerprint density at radius 1 is 1.20 bits per heavy atom. The maximum absolute atomic E-state index is 13.3. The van der Waals surface area contributed by atoms with Gasteiger partial charge in [-0.15, -0.1) is 0 Å². The summed E-state index contributed by atoms with van der Waals surface area (Å²) in [6.45, 7) is 2.93. The SMILES string of the molecule is CCc1cc(=O)[nH]c(C2CCCN2C(=O)c2cccc(N3CCCCS3(=O)=O)c2)n1. The Hall–Kier alpha value is -2.68. The van der Waals surface area contributed by atoms with Crippen LogP contribution in [0.3, 0.4) is 0 Å². The second-order valence-corrected chi connectivity index (χ2v) is 9.79. The van der Waals surface area contributed by atoms with Crippen molar-refractivity contribution in [2.45, 2.75) is 45.1 Å². The Morgan fingerprint density at radius 2 is 2.03 bits per heavy atom. The predicted octanol–water partition coefficient (Wildman–Crippen LogP) is 2.24. The van der Waals surface area contributed by atoms with E-state index in [9.17, 15) is 18.0 Å². The summed E-state index contributed by atoms with van der Waals surface area (Å²) in [5.74, 6) is 0.463. The lowest BCUT2D eigenvalue weighted by Gasteiger charge is -2.29. The molecule has 0 bridgehead atoms. The van der Waals surface area contributed by atoms with Gasteiger partial charge in [-0.1, -0.05) is 13.0 Å². The van der Waals surface area contributed by atoms with Crippen LogP contribution in [-0.4, -0.2) is 48.0 Å². The summed E-state index contributed by atoms with van der Waals surface area (Å²) in [6.07, 6.45) is 3.65. The second kappa shape index (κ2) is 8.22. The predicted molar refractivity (Wildman–Crippen MR) is 114 cm³/mol. The monoisotopic (exact) mass is 430 g/mol. The molecule has 8 nitrogen and oxygen atoms in total. The zero-order chi connectivity index (χ0) is 21.3. The third-order valence-corrected chi connectivity index (χ3v) is 7.60. The largest absolute Gasteiger partial charge is 0.328 e. The van der Waals surface area contributed by atoms with Gasteiger partial charge in [0.2, 0.25) is 10.0 Å². The molecule has 3 heterocycles. The first-order valence-electron chi connectivity index (χ1n) is 10.4. The quantitative estimate of drug-likeness (QED) is 0.801. The Bertz CT molecular complexity index is 1110. The van der Waals surface area contributed by atoms with Crippen LogP contribution in [0.1, 0.15) is 60.5 Å². The van der Waals surface area contributed by atoms with Crippen molar-refractivity contribution in [3.05, 3.63) is 57.8 Å². The Labute approximate surface area is 176 Å². The third-order valence-electron chi connectivity index (χ3n) is 5.73. The van der Waals surface area contributed by atoms with E-state index in [-0.39, 0.29) is 23.3 Å². The maximum Gasteiger partial charge on any atom is 0.254 e. The molecule has 4 rings (SSSR count). The Morgan fingerprint density at radius 3 is 2.80 bits per heavy atom. The smallest absolute Gasteiger partial charge is 0.254 e. The van der Waals surface area contributed by atoms with E-state index in [1.165, 1.54) is 10.4 Å². The summed E-state index contributed by atoms with van der Waals surface area (Å²) in [4.78, 5) is 34.3. The van der Waals surface area contributed by atoms with Crippen molar-refractivity contribution in [1.29, 1.82) is 0 Å². The van der Waals surface area contributed by atoms with Crippen LogP contribution in [0.5, 0.6) is 0 Å². The average molecular weight is 431 g/mol. The van der Waals surface area contributed by atoms with Gasteiger partial charge in [0.15, 0.2) is 0 Å². The molecule has 0 spiro atoms. The van der Waals surface area contributed by atoms with Crippen molar-refractivity contribution in [2.24, 2.45) is 0 Å². The Balaban J connectivity index is 1.63. The lowest BCUT2D eigenvalue weighted by molar-refractivity contribution is 0.0729. The fraction of sp³-hybridized carbons (Fsp3) is 0.476. The molecule has 1 aromatic heterocycles. The van der Waals surface area contributed by atoms with E-state index in [1.807, 2.05) is 6.92 Å². The summed E-state index contributed by atoms with van der Waals surface area (Å²) in [5, 5.41) is 0. The van der Waals surface area contributed by atoms with Crippen molar-refractivity contribution in [3.63, 3.8) is 0 Å². The molecule has 1 amide bonds. The number of rotatable bonds is 4. The minimum atomic E-state index is -3.35. The number of amides is 1. The van der Waals surface area contributed by atoms with Crippen LogP contribution < -0.4 is 9.86 Å². The molecule has 2 saturated heterocycles. The van der Waals surface area contributed by atoms with Crippen molar-refractivity contribution >= 4 is 21.6 Å². The van der Waals surface area contributed by atoms with E-state index in [0.29, 0.717) is 48.7 Å². The molecule has 9 heteroatoms. The highest BCUT2D eigenvalue weighted by atomic mass is 32.2. The molecular weight excluding hydrogens is 404 g/mol.